The van der Waals surface area contributed by atoms with Gasteiger partial charge in [0.2, 0.25) is 5.91 Å². The van der Waals surface area contributed by atoms with Crippen LogP contribution in [0.1, 0.15) is 45.4 Å². The van der Waals surface area contributed by atoms with Gasteiger partial charge in [0.1, 0.15) is 0 Å². The number of nitrogens with one attached hydrogen (secondary N) is 1. The summed E-state index contributed by atoms with van der Waals surface area (Å²) in [5.41, 5.74) is 5.83. The predicted octanol–water partition coefficient (Wildman–Crippen LogP) is 0.783. The van der Waals surface area contributed by atoms with Crippen LogP contribution < -0.4 is 11.1 Å². The number of hydrogen-bond donors (Lipinski definition) is 3. The Bertz CT molecular complexity index is 225. The van der Waals surface area contributed by atoms with Crippen LogP contribution >= 0.6 is 0 Å². The Morgan fingerprint density at radius 2 is 2.25 bits per heavy atom. The van der Waals surface area contributed by atoms with Crippen LogP contribution in [0.5, 0.6) is 0 Å². The molecule has 1 aliphatic carbocycles. The molecule has 0 aromatic rings. The maximum absolute atomic E-state index is 11.5. The number of aliphatic hydroxyl groups is 1. The van der Waals surface area contributed by atoms with E-state index in [2.05, 4.69) is 5.32 Å². The Morgan fingerprint density at radius 1 is 1.56 bits per heavy atom. The quantitative estimate of drug-likeness (QED) is 0.575. The zero-order valence-corrected chi connectivity index (χ0v) is 10.2. The van der Waals surface area contributed by atoms with Gasteiger partial charge in [0.05, 0.1) is 0 Å². The van der Waals surface area contributed by atoms with Gasteiger partial charge in [-0.2, -0.15) is 0 Å². The second kappa shape index (κ2) is 6.21. The van der Waals surface area contributed by atoms with E-state index < -0.39 is 0 Å². The number of amides is 1. The van der Waals surface area contributed by atoms with Crippen molar-refractivity contribution >= 4 is 5.91 Å². The number of hydrogen-bond acceptors (Lipinski definition) is 3. The first kappa shape index (κ1) is 13.5. The molecule has 0 radical (unpaired) electrons. The number of carbonyl (C=O) groups excluding carboxylic acids is 1. The first-order valence-electron chi connectivity index (χ1n) is 6.21. The first-order chi connectivity index (χ1) is 7.58. The summed E-state index contributed by atoms with van der Waals surface area (Å²) >= 11 is 0. The highest BCUT2D eigenvalue weighted by atomic mass is 16.3. The summed E-state index contributed by atoms with van der Waals surface area (Å²) in [6, 6.07) is 0.178. The Balaban J connectivity index is 2.06. The van der Waals surface area contributed by atoms with Gasteiger partial charge in [-0.25, -0.2) is 0 Å². The number of nitrogens with two attached hydrogens (primary N) is 1. The standard InChI is InChI=1S/C12H24N2O2/c1-10(13)3-2-4-11(16)14-9-12(5-6-12)7-8-15/h10,15H,2-9,13H2,1H3,(H,14,16). The molecule has 1 atom stereocenters. The van der Waals surface area contributed by atoms with Crippen LogP contribution in [-0.2, 0) is 4.79 Å². The smallest absolute Gasteiger partial charge is 0.220 e. The van der Waals surface area contributed by atoms with Crippen LogP contribution in [0.2, 0.25) is 0 Å². The molecule has 1 saturated carbocycles. The maximum atomic E-state index is 11.5. The second-order valence-electron chi connectivity index (χ2n) is 5.12. The van der Waals surface area contributed by atoms with Gasteiger partial charge in [0.15, 0.2) is 0 Å². The second-order valence-corrected chi connectivity index (χ2v) is 5.12. The van der Waals surface area contributed by atoms with Gasteiger partial charge < -0.3 is 16.2 Å². The predicted molar refractivity (Wildman–Crippen MR) is 63.9 cm³/mol. The molecule has 1 aliphatic rings. The van der Waals surface area contributed by atoms with Gasteiger partial charge in [0, 0.05) is 25.6 Å². The first-order valence-corrected chi connectivity index (χ1v) is 6.21. The van der Waals surface area contributed by atoms with Crippen LogP contribution in [0.15, 0.2) is 0 Å². The van der Waals surface area contributed by atoms with E-state index in [0.717, 1.165) is 38.6 Å². The minimum atomic E-state index is 0.116. The van der Waals surface area contributed by atoms with Crippen LogP contribution in [0.4, 0.5) is 0 Å². The van der Waals surface area contributed by atoms with Crippen molar-refractivity contribution in [1.29, 1.82) is 0 Å². The summed E-state index contributed by atoms with van der Waals surface area (Å²) < 4.78 is 0. The number of aliphatic hydroxyl groups excluding tert-OH is 1. The van der Waals surface area contributed by atoms with Crippen molar-refractivity contribution in [3.05, 3.63) is 0 Å². The molecule has 1 fully saturated rings. The highest BCUT2D eigenvalue weighted by Crippen LogP contribution is 2.47. The van der Waals surface area contributed by atoms with Gasteiger partial charge in [0.25, 0.3) is 0 Å². The molecule has 0 aromatic heterocycles. The Kier molecular flexibility index (Phi) is 5.22. The van der Waals surface area contributed by atoms with E-state index in [1.165, 1.54) is 0 Å². The molecule has 4 N–H and O–H groups in total. The van der Waals surface area contributed by atoms with Gasteiger partial charge in [-0.3, -0.25) is 4.79 Å². The van der Waals surface area contributed by atoms with E-state index in [-0.39, 0.29) is 24.0 Å². The lowest BCUT2D eigenvalue weighted by Gasteiger charge is -2.14. The topological polar surface area (TPSA) is 75.4 Å². The molecule has 0 heterocycles. The molecule has 1 amide bonds. The fourth-order valence-corrected chi connectivity index (χ4v) is 1.89. The zero-order chi connectivity index (χ0) is 12.0. The third-order valence-electron chi connectivity index (χ3n) is 3.32. The van der Waals surface area contributed by atoms with Crippen molar-refractivity contribution in [2.75, 3.05) is 13.2 Å². The van der Waals surface area contributed by atoms with Crippen molar-refractivity contribution in [3.8, 4) is 0 Å². The van der Waals surface area contributed by atoms with E-state index in [9.17, 15) is 4.79 Å². The van der Waals surface area contributed by atoms with Crippen LogP contribution in [-0.4, -0.2) is 30.2 Å². The van der Waals surface area contributed by atoms with E-state index >= 15 is 0 Å². The monoisotopic (exact) mass is 228 g/mol. The molecular weight excluding hydrogens is 204 g/mol. The van der Waals surface area contributed by atoms with E-state index in [1.54, 1.807) is 0 Å². The summed E-state index contributed by atoms with van der Waals surface area (Å²) in [6.07, 6.45) is 5.40. The molecule has 4 nitrogen and oxygen atoms in total. The van der Waals surface area contributed by atoms with E-state index in [1.807, 2.05) is 6.92 Å². The van der Waals surface area contributed by atoms with Crippen LogP contribution in [0, 0.1) is 5.41 Å². The van der Waals surface area contributed by atoms with Crippen molar-refractivity contribution in [2.24, 2.45) is 11.1 Å². The minimum absolute atomic E-state index is 0.116. The highest BCUT2D eigenvalue weighted by Gasteiger charge is 2.41. The lowest BCUT2D eigenvalue weighted by atomic mass is 10.0. The minimum Gasteiger partial charge on any atom is -0.396 e. The van der Waals surface area contributed by atoms with Crippen molar-refractivity contribution < 1.29 is 9.90 Å². The molecule has 0 spiro atoms. The zero-order valence-electron chi connectivity index (χ0n) is 10.2. The molecule has 0 aliphatic heterocycles. The van der Waals surface area contributed by atoms with Gasteiger partial charge in [-0.05, 0) is 44.4 Å². The molecule has 94 valence electrons. The van der Waals surface area contributed by atoms with Crippen LogP contribution in [0.25, 0.3) is 0 Å². The third-order valence-corrected chi connectivity index (χ3v) is 3.32. The van der Waals surface area contributed by atoms with Crippen molar-refractivity contribution in [3.63, 3.8) is 0 Å². The van der Waals surface area contributed by atoms with E-state index in [4.69, 9.17) is 10.8 Å². The molecule has 0 saturated heterocycles. The largest absolute Gasteiger partial charge is 0.396 e. The number of carbonyl (C=O) groups is 1. The summed E-state index contributed by atoms with van der Waals surface area (Å²) in [7, 11) is 0. The van der Waals surface area contributed by atoms with Gasteiger partial charge in [-0.15, -0.1) is 0 Å². The lowest BCUT2D eigenvalue weighted by Crippen LogP contribution is -2.30. The SMILES string of the molecule is CC(N)CCCC(=O)NCC1(CCO)CC1. The summed E-state index contributed by atoms with van der Waals surface area (Å²) in [6.45, 7) is 2.91. The maximum Gasteiger partial charge on any atom is 0.220 e. The summed E-state index contributed by atoms with van der Waals surface area (Å²) in [5, 5.41) is 11.8. The Hall–Kier alpha value is -0.610. The average Bonchev–Trinajstić information content (AvgIpc) is 2.96. The summed E-state index contributed by atoms with van der Waals surface area (Å²) in [4.78, 5) is 11.5. The molecule has 0 bridgehead atoms. The third kappa shape index (κ3) is 4.94. The highest BCUT2D eigenvalue weighted by molar-refractivity contribution is 5.75. The molecule has 1 unspecified atom stereocenters. The number of rotatable bonds is 8. The van der Waals surface area contributed by atoms with Crippen molar-refractivity contribution in [1.82, 2.24) is 5.32 Å². The molecule has 1 rings (SSSR count). The molecule has 0 aromatic carbocycles. The van der Waals surface area contributed by atoms with Crippen LogP contribution in [0.3, 0.4) is 0 Å². The summed E-state index contributed by atoms with van der Waals surface area (Å²) in [5.74, 6) is 0.116. The fraction of sp³-hybridized carbons (Fsp3) is 0.917. The van der Waals surface area contributed by atoms with Crippen molar-refractivity contribution in [2.45, 2.75) is 51.5 Å². The molecule has 4 heteroatoms. The fourth-order valence-electron chi connectivity index (χ4n) is 1.89. The average molecular weight is 228 g/mol. The Labute approximate surface area is 97.6 Å². The molecular formula is C12H24N2O2. The van der Waals surface area contributed by atoms with E-state index in [0.29, 0.717) is 6.42 Å². The van der Waals surface area contributed by atoms with Gasteiger partial charge >= 0.3 is 0 Å². The normalized spacial score (nSPS) is 19.2. The molecule has 16 heavy (non-hydrogen) atoms. The lowest BCUT2D eigenvalue weighted by molar-refractivity contribution is -0.121. The van der Waals surface area contributed by atoms with Gasteiger partial charge in [-0.1, -0.05) is 0 Å². The Morgan fingerprint density at radius 3 is 2.75 bits per heavy atom.